The summed E-state index contributed by atoms with van der Waals surface area (Å²) in [5, 5.41) is 0. The van der Waals surface area contributed by atoms with Gasteiger partial charge in [0.1, 0.15) is 16.8 Å². The van der Waals surface area contributed by atoms with Gasteiger partial charge >= 0.3 is 5.97 Å². The summed E-state index contributed by atoms with van der Waals surface area (Å²) in [7, 11) is 2.94. The second-order valence-electron chi connectivity index (χ2n) is 4.37. The first-order chi connectivity index (χ1) is 10.1. The van der Waals surface area contributed by atoms with Crippen LogP contribution in [0.4, 0.5) is 0 Å². The van der Waals surface area contributed by atoms with Crippen LogP contribution in [0.2, 0.25) is 0 Å². The average Bonchev–Trinajstić information content (AvgIpc) is 2.51. The number of rotatable bonds is 2. The van der Waals surface area contributed by atoms with Gasteiger partial charge in [0.2, 0.25) is 0 Å². The van der Waals surface area contributed by atoms with Gasteiger partial charge in [-0.1, -0.05) is 6.07 Å². The molecule has 1 aromatic heterocycles. The third-order valence-electron chi connectivity index (χ3n) is 3.14. The lowest BCUT2D eigenvalue weighted by Crippen LogP contribution is -2.04. The summed E-state index contributed by atoms with van der Waals surface area (Å²) < 4.78 is 10.8. The Kier molecular flexibility index (Phi) is 3.47. The van der Waals surface area contributed by atoms with Crippen molar-refractivity contribution in [3.8, 4) is 5.75 Å². The van der Waals surface area contributed by atoms with Gasteiger partial charge in [0.05, 0.1) is 30.8 Å². The van der Waals surface area contributed by atoms with E-state index < -0.39 is 5.97 Å². The molecule has 21 heavy (non-hydrogen) atoms. The van der Waals surface area contributed by atoms with Crippen LogP contribution in [0, 0.1) is 0 Å². The molecule has 0 bridgehead atoms. The zero-order valence-corrected chi connectivity index (χ0v) is 13.0. The second-order valence-corrected chi connectivity index (χ2v) is 5.22. The van der Waals surface area contributed by atoms with Gasteiger partial charge in [0, 0.05) is 10.5 Å². The van der Waals surface area contributed by atoms with Crippen molar-refractivity contribution in [3.05, 3.63) is 40.4 Å². The van der Waals surface area contributed by atoms with Crippen molar-refractivity contribution >= 4 is 44.0 Å². The monoisotopic (exact) mass is 346 g/mol. The quantitative estimate of drug-likeness (QED) is 0.526. The van der Waals surface area contributed by atoms with E-state index in [4.69, 9.17) is 9.47 Å². The molecular weight excluding hydrogens is 336 g/mol. The Morgan fingerprint density at radius 2 is 1.90 bits per heavy atom. The number of hydrogen-bond donors (Lipinski definition) is 0. The highest BCUT2D eigenvalue weighted by Crippen LogP contribution is 2.29. The van der Waals surface area contributed by atoms with E-state index in [1.54, 1.807) is 25.3 Å². The predicted molar refractivity (Wildman–Crippen MR) is 82.6 cm³/mol. The van der Waals surface area contributed by atoms with E-state index in [0.717, 1.165) is 4.47 Å². The Morgan fingerprint density at radius 1 is 1.10 bits per heavy atom. The van der Waals surface area contributed by atoms with Crippen molar-refractivity contribution in [1.82, 2.24) is 9.97 Å². The van der Waals surface area contributed by atoms with E-state index in [0.29, 0.717) is 33.4 Å². The van der Waals surface area contributed by atoms with Gasteiger partial charge in [0.25, 0.3) is 0 Å². The lowest BCUT2D eigenvalue weighted by Gasteiger charge is -2.08. The molecule has 0 atom stereocenters. The van der Waals surface area contributed by atoms with E-state index in [9.17, 15) is 4.79 Å². The minimum absolute atomic E-state index is 0.395. The standard InChI is InChI=1S/C15H11BrN2O3/c1-20-8-6-10(16)14-12(7-8)17-11-5-3-4-9(13(11)18-14)15(19)21-2/h3-7H,1-2H3. The fraction of sp³-hybridized carbons (Fsp3) is 0.133. The summed E-state index contributed by atoms with van der Waals surface area (Å²) in [6, 6.07) is 8.85. The fourth-order valence-electron chi connectivity index (χ4n) is 2.13. The van der Waals surface area contributed by atoms with Crippen LogP contribution < -0.4 is 4.74 Å². The first-order valence-corrected chi connectivity index (χ1v) is 6.95. The summed E-state index contributed by atoms with van der Waals surface area (Å²) in [5.41, 5.74) is 2.90. The van der Waals surface area contributed by atoms with Crippen molar-refractivity contribution in [1.29, 1.82) is 0 Å². The molecule has 0 fully saturated rings. The van der Waals surface area contributed by atoms with Crippen molar-refractivity contribution < 1.29 is 14.3 Å². The van der Waals surface area contributed by atoms with Gasteiger partial charge in [0.15, 0.2) is 0 Å². The number of benzene rings is 2. The maximum Gasteiger partial charge on any atom is 0.340 e. The van der Waals surface area contributed by atoms with Gasteiger partial charge in [-0.25, -0.2) is 14.8 Å². The van der Waals surface area contributed by atoms with Crippen molar-refractivity contribution in [3.63, 3.8) is 0 Å². The molecule has 5 nitrogen and oxygen atoms in total. The molecule has 2 aromatic carbocycles. The number of halogens is 1. The minimum atomic E-state index is -0.432. The molecule has 3 aromatic rings. The van der Waals surface area contributed by atoms with Gasteiger partial charge in [-0.2, -0.15) is 0 Å². The van der Waals surface area contributed by atoms with Crippen LogP contribution >= 0.6 is 15.9 Å². The Morgan fingerprint density at radius 3 is 2.62 bits per heavy atom. The molecular formula is C15H11BrN2O3. The lowest BCUT2D eigenvalue weighted by atomic mass is 10.1. The molecule has 1 heterocycles. The van der Waals surface area contributed by atoms with Gasteiger partial charge in [-0.3, -0.25) is 0 Å². The number of para-hydroxylation sites is 1. The minimum Gasteiger partial charge on any atom is -0.497 e. The van der Waals surface area contributed by atoms with Crippen LogP contribution in [0.3, 0.4) is 0 Å². The zero-order valence-electron chi connectivity index (χ0n) is 11.4. The number of ether oxygens (including phenoxy) is 2. The van der Waals surface area contributed by atoms with Crippen molar-refractivity contribution in [2.75, 3.05) is 14.2 Å². The molecule has 106 valence electrons. The zero-order chi connectivity index (χ0) is 15.0. The Labute approximate surface area is 129 Å². The molecule has 0 spiro atoms. The normalized spacial score (nSPS) is 10.8. The van der Waals surface area contributed by atoms with Crippen LogP contribution in [-0.4, -0.2) is 30.2 Å². The van der Waals surface area contributed by atoms with Gasteiger partial charge in [-0.15, -0.1) is 0 Å². The van der Waals surface area contributed by atoms with Crippen LogP contribution in [-0.2, 0) is 4.74 Å². The molecule has 0 aliphatic carbocycles. The largest absolute Gasteiger partial charge is 0.497 e. The summed E-state index contributed by atoms with van der Waals surface area (Å²) in [6.07, 6.45) is 0. The number of carbonyl (C=O) groups excluding carboxylic acids is 1. The van der Waals surface area contributed by atoms with Gasteiger partial charge < -0.3 is 9.47 Å². The Balaban J connectivity index is 2.38. The average molecular weight is 347 g/mol. The molecule has 0 unspecified atom stereocenters. The SMILES string of the molecule is COC(=O)c1cccc2nc3cc(OC)cc(Br)c3nc12. The highest BCUT2D eigenvalue weighted by Gasteiger charge is 2.14. The van der Waals surface area contributed by atoms with Crippen LogP contribution in [0.1, 0.15) is 10.4 Å². The van der Waals surface area contributed by atoms with Crippen LogP contribution in [0.25, 0.3) is 22.1 Å². The van der Waals surface area contributed by atoms with Gasteiger partial charge in [-0.05, 0) is 34.1 Å². The summed E-state index contributed by atoms with van der Waals surface area (Å²) in [6.45, 7) is 0. The summed E-state index contributed by atoms with van der Waals surface area (Å²) >= 11 is 3.45. The molecule has 0 saturated carbocycles. The first-order valence-electron chi connectivity index (χ1n) is 6.16. The number of carbonyl (C=O) groups is 1. The lowest BCUT2D eigenvalue weighted by molar-refractivity contribution is 0.0603. The van der Waals surface area contributed by atoms with E-state index >= 15 is 0 Å². The third kappa shape index (κ3) is 2.31. The third-order valence-corrected chi connectivity index (χ3v) is 3.74. The number of nitrogens with zero attached hydrogens (tertiary/aromatic N) is 2. The number of methoxy groups -OCH3 is 2. The molecule has 0 saturated heterocycles. The first kappa shape index (κ1) is 13.8. The van der Waals surface area contributed by atoms with E-state index in [-0.39, 0.29) is 0 Å². The van der Waals surface area contributed by atoms with Crippen molar-refractivity contribution in [2.24, 2.45) is 0 Å². The molecule has 0 N–H and O–H groups in total. The fourth-order valence-corrected chi connectivity index (χ4v) is 2.65. The van der Waals surface area contributed by atoms with Crippen LogP contribution in [0.15, 0.2) is 34.8 Å². The molecule has 6 heteroatoms. The smallest absolute Gasteiger partial charge is 0.340 e. The number of esters is 1. The topological polar surface area (TPSA) is 61.3 Å². The van der Waals surface area contributed by atoms with E-state index in [2.05, 4.69) is 25.9 Å². The highest BCUT2D eigenvalue weighted by molar-refractivity contribution is 9.10. The molecule has 0 aliphatic rings. The predicted octanol–water partition coefficient (Wildman–Crippen LogP) is 3.34. The number of aromatic nitrogens is 2. The summed E-state index contributed by atoms with van der Waals surface area (Å²) in [4.78, 5) is 20.9. The maximum absolute atomic E-state index is 11.8. The second kappa shape index (κ2) is 5.29. The van der Waals surface area contributed by atoms with E-state index in [1.165, 1.54) is 7.11 Å². The number of hydrogen-bond acceptors (Lipinski definition) is 5. The molecule has 0 amide bonds. The van der Waals surface area contributed by atoms with Crippen LogP contribution in [0.5, 0.6) is 5.75 Å². The Bertz CT molecular complexity index is 864. The molecule has 3 rings (SSSR count). The van der Waals surface area contributed by atoms with E-state index in [1.807, 2.05) is 12.1 Å². The molecule has 0 aliphatic heterocycles. The Hall–Kier alpha value is -2.21. The molecule has 0 radical (unpaired) electrons. The maximum atomic E-state index is 11.8. The number of fused-ring (bicyclic) bond motifs is 2. The van der Waals surface area contributed by atoms with Crippen molar-refractivity contribution in [2.45, 2.75) is 0 Å². The summed E-state index contributed by atoms with van der Waals surface area (Å²) in [5.74, 6) is 0.256. The highest BCUT2D eigenvalue weighted by atomic mass is 79.9.